The van der Waals surface area contributed by atoms with Gasteiger partial charge in [0, 0.05) is 18.0 Å². The van der Waals surface area contributed by atoms with E-state index in [1.165, 1.54) is 18.3 Å². The summed E-state index contributed by atoms with van der Waals surface area (Å²) in [5.74, 6) is -1.58. The summed E-state index contributed by atoms with van der Waals surface area (Å²) in [7, 11) is 0. The number of nitrogen functional groups attached to an aromatic ring is 1. The van der Waals surface area contributed by atoms with Crippen molar-refractivity contribution in [2.24, 2.45) is 0 Å². The Morgan fingerprint density at radius 1 is 1.32 bits per heavy atom. The molecular weight excluding hydrogens is 339 g/mol. The van der Waals surface area contributed by atoms with Crippen LogP contribution in [-0.4, -0.2) is 17.3 Å². The van der Waals surface area contributed by atoms with Crippen molar-refractivity contribution >= 4 is 17.3 Å². The summed E-state index contributed by atoms with van der Waals surface area (Å²) in [6.45, 7) is 5.01. The summed E-state index contributed by atoms with van der Waals surface area (Å²) in [6, 6.07) is 5.06. The summed E-state index contributed by atoms with van der Waals surface area (Å²) in [6.07, 6.45) is -2.52. The number of nitrogens with two attached hydrogens (primary N) is 1. The number of nitrogens with zero attached hydrogens (tertiary/aromatic N) is 1. The second-order valence-electron chi connectivity index (χ2n) is 4.91. The maximum atomic E-state index is 12.6. The van der Waals surface area contributed by atoms with Crippen LogP contribution in [0.5, 0.6) is 17.4 Å². The lowest BCUT2D eigenvalue weighted by atomic mass is 10.2. The van der Waals surface area contributed by atoms with Gasteiger partial charge in [0.15, 0.2) is 11.5 Å². The van der Waals surface area contributed by atoms with Gasteiger partial charge in [-0.05, 0) is 36.8 Å². The predicted molar refractivity (Wildman–Crippen MR) is 85.4 cm³/mol. The molecule has 0 unspecified atom stereocenters. The van der Waals surface area contributed by atoms with Crippen LogP contribution in [0, 0.1) is 6.92 Å². The molecule has 1 aromatic heterocycles. The minimum Gasteiger partial charge on any atom is -0.433 e. The fourth-order valence-electron chi connectivity index (χ4n) is 1.84. The Bertz CT molecular complexity index is 807. The quantitative estimate of drug-likeness (QED) is 0.799. The van der Waals surface area contributed by atoms with Gasteiger partial charge in [-0.2, -0.15) is 0 Å². The van der Waals surface area contributed by atoms with Crippen LogP contribution >= 0.6 is 0 Å². The van der Waals surface area contributed by atoms with Crippen LogP contribution in [0.2, 0.25) is 0 Å². The molecule has 0 aliphatic rings. The number of amides is 1. The SMILES string of the molecule is C=CC(=O)Nc1ccc(Oc2ncc(C)cc2N)c(OC(F)(F)F)c1. The van der Waals surface area contributed by atoms with Crippen molar-refractivity contribution < 1.29 is 27.4 Å². The molecular formula is C16H14F3N3O3. The number of pyridine rings is 1. The average molecular weight is 353 g/mol. The molecule has 1 heterocycles. The Kier molecular flexibility index (Phi) is 5.16. The molecule has 132 valence electrons. The average Bonchev–Trinajstić information content (AvgIpc) is 2.50. The molecule has 0 spiro atoms. The van der Waals surface area contributed by atoms with E-state index in [1.54, 1.807) is 13.0 Å². The zero-order chi connectivity index (χ0) is 18.6. The molecule has 1 aromatic carbocycles. The number of anilines is 2. The first-order chi connectivity index (χ1) is 11.7. The van der Waals surface area contributed by atoms with Crippen LogP contribution in [0.3, 0.4) is 0 Å². The number of ether oxygens (including phenoxy) is 2. The monoisotopic (exact) mass is 353 g/mol. The van der Waals surface area contributed by atoms with Crippen molar-refractivity contribution in [2.45, 2.75) is 13.3 Å². The van der Waals surface area contributed by atoms with E-state index in [4.69, 9.17) is 10.5 Å². The van der Waals surface area contributed by atoms with Crippen molar-refractivity contribution in [3.8, 4) is 17.4 Å². The molecule has 0 atom stereocenters. The van der Waals surface area contributed by atoms with Gasteiger partial charge >= 0.3 is 6.36 Å². The molecule has 1 amide bonds. The van der Waals surface area contributed by atoms with Crippen LogP contribution in [0.25, 0.3) is 0 Å². The third kappa shape index (κ3) is 5.13. The highest BCUT2D eigenvalue weighted by atomic mass is 19.4. The van der Waals surface area contributed by atoms with Gasteiger partial charge in [0.25, 0.3) is 0 Å². The molecule has 0 fully saturated rings. The Hall–Kier alpha value is -3.23. The summed E-state index contributed by atoms with van der Waals surface area (Å²) >= 11 is 0. The molecule has 6 nitrogen and oxygen atoms in total. The van der Waals surface area contributed by atoms with Crippen molar-refractivity contribution in [3.63, 3.8) is 0 Å². The number of rotatable bonds is 5. The summed E-state index contributed by atoms with van der Waals surface area (Å²) in [4.78, 5) is 15.2. The van der Waals surface area contributed by atoms with Gasteiger partial charge in [-0.25, -0.2) is 4.98 Å². The van der Waals surface area contributed by atoms with Gasteiger partial charge in [0.05, 0.1) is 5.69 Å². The van der Waals surface area contributed by atoms with Gasteiger partial charge in [-0.1, -0.05) is 6.58 Å². The summed E-state index contributed by atoms with van der Waals surface area (Å²) in [5, 5.41) is 2.33. The Labute approximate surface area is 141 Å². The van der Waals surface area contributed by atoms with Crippen molar-refractivity contribution in [2.75, 3.05) is 11.1 Å². The third-order valence-electron chi connectivity index (χ3n) is 2.84. The topological polar surface area (TPSA) is 86.5 Å². The highest BCUT2D eigenvalue weighted by Crippen LogP contribution is 2.38. The predicted octanol–water partition coefficient (Wildman–Crippen LogP) is 3.79. The largest absolute Gasteiger partial charge is 0.573 e. The van der Waals surface area contributed by atoms with E-state index in [2.05, 4.69) is 21.6 Å². The Morgan fingerprint density at radius 3 is 2.64 bits per heavy atom. The molecule has 0 saturated heterocycles. The Morgan fingerprint density at radius 2 is 2.04 bits per heavy atom. The molecule has 3 N–H and O–H groups in total. The van der Waals surface area contributed by atoms with E-state index in [9.17, 15) is 18.0 Å². The number of halogens is 3. The standard InChI is InChI=1S/C16H14F3N3O3/c1-3-14(23)22-10-4-5-12(13(7-10)25-16(17,18)19)24-15-11(20)6-9(2)8-21-15/h3-8H,1,20H2,2H3,(H,22,23). The van der Waals surface area contributed by atoms with Crippen molar-refractivity contribution in [1.82, 2.24) is 4.98 Å². The number of nitrogens with one attached hydrogen (secondary N) is 1. The second kappa shape index (κ2) is 7.12. The maximum absolute atomic E-state index is 12.6. The highest BCUT2D eigenvalue weighted by Gasteiger charge is 2.33. The number of carbonyl (C=O) groups is 1. The zero-order valence-electron chi connectivity index (χ0n) is 13.1. The van der Waals surface area contributed by atoms with Crippen LogP contribution in [0.15, 0.2) is 43.1 Å². The third-order valence-corrected chi connectivity index (χ3v) is 2.84. The maximum Gasteiger partial charge on any atom is 0.573 e. The van der Waals surface area contributed by atoms with E-state index in [1.807, 2.05) is 0 Å². The normalized spacial score (nSPS) is 10.9. The van der Waals surface area contributed by atoms with Crippen LogP contribution < -0.4 is 20.5 Å². The highest BCUT2D eigenvalue weighted by molar-refractivity contribution is 5.99. The van der Waals surface area contributed by atoms with Gasteiger partial charge in [0.2, 0.25) is 11.8 Å². The minimum atomic E-state index is -4.95. The number of carbonyl (C=O) groups excluding carboxylic acids is 1. The second-order valence-corrected chi connectivity index (χ2v) is 4.91. The minimum absolute atomic E-state index is 0.0690. The molecule has 0 aliphatic heterocycles. The fraction of sp³-hybridized carbons (Fsp3) is 0.125. The smallest absolute Gasteiger partial charge is 0.433 e. The van der Waals surface area contributed by atoms with Crippen LogP contribution in [-0.2, 0) is 4.79 Å². The van der Waals surface area contributed by atoms with Gasteiger partial charge in [-0.15, -0.1) is 13.2 Å². The fourth-order valence-corrected chi connectivity index (χ4v) is 1.84. The lowest BCUT2D eigenvalue weighted by molar-refractivity contribution is -0.275. The van der Waals surface area contributed by atoms with Crippen molar-refractivity contribution in [1.29, 1.82) is 0 Å². The number of hydrogen-bond acceptors (Lipinski definition) is 5. The number of alkyl halides is 3. The molecule has 0 radical (unpaired) electrons. The van der Waals surface area contributed by atoms with E-state index in [0.29, 0.717) is 0 Å². The number of aryl methyl sites for hydroxylation is 1. The molecule has 9 heteroatoms. The number of aromatic nitrogens is 1. The zero-order valence-corrected chi connectivity index (χ0v) is 13.1. The molecule has 25 heavy (non-hydrogen) atoms. The van der Waals surface area contributed by atoms with Crippen molar-refractivity contribution in [3.05, 3.63) is 48.7 Å². The first kappa shape index (κ1) is 18.1. The van der Waals surface area contributed by atoms with Crippen LogP contribution in [0.1, 0.15) is 5.56 Å². The molecule has 2 rings (SSSR count). The lowest BCUT2D eigenvalue weighted by Crippen LogP contribution is -2.18. The number of benzene rings is 1. The number of hydrogen-bond donors (Lipinski definition) is 2. The lowest BCUT2D eigenvalue weighted by Gasteiger charge is -2.15. The molecule has 2 aromatic rings. The van der Waals surface area contributed by atoms with Crippen LogP contribution in [0.4, 0.5) is 24.5 Å². The van der Waals surface area contributed by atoms with E-state index in [0.717, 1.165) is 17.7 Å². The molecule has 0 bridgehead atoms. The van der Waals surface area contributed by atoms with Gasteiger partial charge in [-0.3, -0.25) is 4.79 Å². The molecule has 0 saturated carbocycles. The molecule has 0 aliphatic carbocycles. The summed E-state index contributed by atoms with van der Waals surface area (Å²) < 4.78 is 47.2. The first-order valence-electron chi connectivity index (χ1n) is 6.91. The van der Waals surface area contributed by atoms with E-state index in [-0.39, 0.29) is 23.0 Å². The van der Waals surface area contributed by atoms with E-state index >= 15 is 0 Å². The Balaban J connectivity index is 2.37. The summed E-state index contributed by atoms with van der Waals surface area (Å²) in [5.41, 5.74) is 6.73. The van der Waals surface area contributed by atoms with Gasteiger partial charge in [0.1, 0.15) is 0 Å². The van der Waals surface area contributed by atoms with Gasteiger partial charge < -0.3 is 20.5 Å². The first-order valence-corrected chi connectivity index (χ1v) is 6.91. The van der Waals surface area contributed by atoms with E-state index < -0.39 is 18.0 Å².